The first-order chi connectivity index (χ1) is 12.6. The third-order valence-electron chi connectivity index (χ3n) is 4.18. The molecular weight excluding hydrogens is 336 g/mol. The molecule has 1 N–H and O–H groups in total. The lowest BCUT2D eigenvalue weighted by atomic mass is 10.3. The van der Waals surface area contributed by atoms with Crippen LogP contribution in [-0.4, -0.2) is 69.9 Å². The number of carbonyl (C=O) groups is 1. The van der Waals surface area contributed by atoms with E-state index in [0.29, 0.717) is 43.7 Å². The van der Waals surface area contributed by atoms with E-state index in [-0.39, 0.29) is 12.5 Å². The number of nitrogens with one attached hydrogen (secondary N) is 1. The van der Waals surface area contributed by atoms with E-state index in [2.05, 4.69) is 25.5 Å². The zero-order chi connectivity index (χ0) is 18.5. The summed E-state index contributed by atoms with van der Waals surface area (Å²) >= 11 is 0. The van der Waals surface area contributed by atoms with Gasteiger partial charge in [-0.3, -0.25) is 14.5 Å². The van der Waals surface area contributed by atoms with Crippen molar-refractivity contribution in [2.45, 2.75) is 19.8 Å². The summed E-state index contributed by atoms with van der Waals surface area (Å²) in [6.07, 6.45) is 4.91. The maximum absolute atomic E-state index is 12.5. The minimum atomic E-state index is 0.0259. The normalized spacial score (nSPS) is 15.7. The Labute approximate surface area is 151 Å². The van der Waals surface area contributed by atoms with Gasteiger partial charge in [0.05, 0.1) is 11.9 Å². The largest absolute Gasteiger partial charge is 0.356 e. The van der Waals surface area contributed by atoms with Crippen LogP contribution in [0.4, 0.5) is 5.69 Å². The molecular formula is C16H24N8O2. The number of nitrogens with zero attached hydrogens (tertiary/aromatic N) is 7. The second kappa shape index (κ2) is 7.98. The van der Waals surface area contributed by atoms with E-state index in [4.69, 9.17) is 4.52 Å². The standard InChI is InChI=1S/C16H24N8O2/c1-4-14-20-13(21-26-14)5-6-18-16(17-2)23-7-8-24(15(25)11-23)12-9-19-22(3)10-12/h9-10H,4-8,11H2,1-3H3,(H,17,18). The number of anilines is 1. The van der Waals surface area contributed by atoms with E-state index < -0.39 is 0 Å². The number of hydrogen-bond acceptors (Lipinski definition) is 6. The third-order valence-corrected chi connectivity index (χ3v) is 4.18. The van der Waals surface area contributed by atoms with E-state index in [0.717, 1.165) is 12.1 Å². The maximum Gasteiger partial charge on any atom is 0.246 e. The van der Waals surface area contributed by atoms with Gasteiger partial charge >= 0.3 is 0 Å². The van der Waals surface area contributed by atoms with Gasteiger partial charge in [0.15, 0.2) is 11.8 Å². The molecule has 0 aliphatic carbocycles. The van der Waals surface area contributed by atoms with Crippen molar-refractivity contribution < 1.29 is 9.32 Å². The molecule has 10 heteroatoms. The van der Waals surface area contributed by atoms with Crippen molar-refractivity contribution in [3.05, 3.63) is 24.1 Å². The van der Waals surface area contributed by atoms with Gasteiger partial charge in [-0.1, -0.05) is 12.1 Å². The van der Waals surface area contributed by atoms with Crippen molar-refractivity contribution in [3.8, 4) is 0 Å². The summed E-state index contributed by atoms with van der Waals surface area (Å²) < 4.78 is 6.79. The highest BCUT2D eigenvalue weighted by atomic mass is 16.5. The second-order valence-corrected chi connectivity index (χ2v) is 6.02. The van der Waals surface area contributed by atoms with Gasteiger partial charge in [0.1, 0.15) is 6.54 Å². The van der Waals surface area contributed by atoms with Crippen molar-refractivity contribution in [1.82, 2.24) is 30.1 Å². The van der Waals surface area contributed by atoms with Gasteiger partial charge in [-0.2, -0.15) is 10.1 Å². The molecule has 0 atom stereocenters. The smallest absolute Gasteiger partial charge is 0.246 e. The Morgan fingerprint density at radius 1 is 1.42 bits per heavy atom. The Morgan fingerprint density at radius 3 is 2.88 bits per heavy atom. The van der Waals surface area contributed by atoms with Crippen molar-refractivity contribution >= 4 is 17.6 Å². The van der Waals surface area contributed by atoms with Crippen LogP contribution in [0, 0.1) is 0 Å². The molecule has 0 aromatic carbocycles. The predicted molar refractivity (Wildman–Crippen MR) is 95.9 cm³/mol. The first kappa shape index (κ1) is 17.9. The van der Waals surface area contributed by atoms with Crippen LogP contribution in [0.25, 0.3) is 0 Å². The zero-order valence-electron chi connectivity index (χ0n) is 15.3. The summed E-state index contributed by atoms with van der Waals surface area (Å²) in [7, 11) is 3.55. The molecule has 0 saturated carbocycles. The van der Waals surface area contributed by atoms with Crippen molar-refractivity contribution in [1.29, 1.82) is 0 Å². The number of aryl methyl sites for hydroxylation is 2. The van der Waals surface area contributed by atoms with E-state index in [1.54, 1.807) is 22.8 Å². The highest BCUT2D eigenvalue weighted by Gasteiger charge is 2.27. The Bertz CT molecular complexity index is 781. The fourth-order valence-electron chi connectivity index (χ4n) is 2.83. The van der Waals surface area contributed by atoms with Gasteiger partial charge < -0.3 is 19.6 Å². The topological polar surface area (TPSA) is 105 Å². The maximum atomic E-state index is 12.5. The quantitative estimate of drug-likeness (QED) is 0.583. The Morgan fingerprint density at radius 2 is 2.27 bits per heavy atom. The molecule has 140 valence electrons. The SMILES string of the molecule is CCc1nc(CCNC(=NC)N2CCN(c3cnn(C)c3)C(=O)C2)no1. The van der Waals surface area contributed by atoms with Crippen LogP contribution >= 0.6 is 0 Å². The van der Waals surface area contributed by atoms with Crippen molar-refractivity contribution in [2.75, 3.05) is 38.1 Å². The number of hydrogen-bond donors (Lipinski definition) is 1. The van der Waals surface area contributed by atoms with Crippen LogP contribution in [0.15, 0.2) is 21.9 Å². The fourth-order valence-corrected chi connectivity index (χ4v) is 2.83. The molecule has 3 rings (SSSR count). The van der Waals surface area contributed by atoms with Crippen LogP contribution in [-0.2, 0) is 24.7 Å². The number of rotatable bonds is 5. The summed E-state index contributed by atoms with van der Waals surface area (Å²) in [4.78, 5) is 24.8. The fraction of sp³-hybridized carbons (Fsp3) is 0.562. The molecule has 1 saturated heterocycles. The van der Waals surface area contributed by atoms with Crippen LogP contribution in [0.5, 0.6) is 0 Å². The highest BCUT2D eigenvalue weighted by Crippen LogP contribution is 2.16. The van der Waals surface area contributed by atoms with Gasteiger partial charge in [-0.05, 0) is 0 Å². The van der Waals surface area contributed by atoms with Crippen LogP contribution < -0.4 is 10.2 Å². The second-order valence-electron chi connectivity index (χ2n) is 6.02. The van der Waals surface area contributed by atoms with Gasteiger partial charge in [0.2, 0.25) is 11.8 Å². The van der Waals surface area contributed by atoms with Crippen molar-refractivity contribution in [2.24, 2.45) is 12.0 Å². The molecule has 3 heterocycles. The molecule has 0 spiro atoms. The lowest BCUT2D eigenvalue weighted by molar-refractivity contribution is -0.120. The molecule has 1 aliphatic rings. The Kier molecular flexibility index (Phi) is 5.49. The summed E-state index contributed by atoms with van der Waals surface area (Å²) in [5, 5.41) is 11.3. The molecule has 0 bridgehead atoms. The number of piperazine rings is 1. The van der Waals surface area contributed by atoms with Crippen molar-refractivity contribution in [3.63, 3.8) is 0 Å². The molecule has 10 nitrogen and oxygen atoms in total. The highest BCUT2D eigenvalue weighted by molar-refractivity contribution is 5.98. The summed E-state index contributed by atoms with van der Waals surface area (Å²) in [5.74, 6) is 2.03. The van der Waals surface area contributed by atoms with Gasteiger partial charge in [-0.15, -0.1) is 0 Å². The average Bonchev–Trinajstić information content (AvgIpc) is 3.27. The Hall–Kier alpha value is -2.91. The van der Waals surface area contributed by atoms with E-state index in [1.165, 1.54) is 0 Å². The predicted octanol–water partition coefficient (Wildman–Crippen LogP) is -0.168. The lowest BCUT2D eigenvalue weighted by Gasteiger charge is -2.35. The zero-order valence-corrected chi connectivity index (χ0v) is 15.3. The van der Waals surface area contributed by atoms with Gasteiger partial charge in [0, 0.05) is 52.8 Å². The monoisotopic (exact) mass is 360 g/mol. The molecule has 1 amide bonds. The van der Waals surface area contributed by atoms with Crippen LogP contribution in [0.2, 0.25) is 0 Å². The number of aromatic nitrogens is 4. The first-order valence-corrected chi connectivity index (χ1v) is 8.66. The lowest BCUT2D eigenvalue weighted by Crippen LogP contribution is -2.55. The van der Waals surface area contributed by atoms with Gasteiger partial charge in [0.25, 0.3) is 0 Å². The molecule has 1 aliphatic heterocycles. The summed E-state index contributed by atoms with van der Waals surface area (Å²) in [6, 6.07) is 0. The molecule has 26 heavy (non-hydrogen) atoms. The van der Waals surface area contributed by atoms with E-state index in [9.17, 15) is 4.79 Å². The number of aliphatic imine (C=N–C) groups is 1. The number of amides is 1. The van der Waals surface area contributed by atoms with Crippen LogP contribution in [0.3, 0.4) is 0 Å². The minimum absolute atomic E-state index is 0.0259. The molecule has 0 radical (unpaired) electrons. The van der Waals surface area contributed by atoms with E-state index in [1.807, 2.05) is 25.1 Å². The van der Waals surface area contributed by atoms with Gasteiger partial charge in [-0.25, -0.2) is 0 Å². The number of guanidine groups is 1. The molecule has 0 unspecified atom stereocenters. The summed E-state index contributed by atoms with van der Waals surface area (Å²) in [6.45, 7) is 4.15. The third kappa shape index (κ3) is 4.01. The Balaban J connectivity index is 1.52. The number of carbonyl (C=O) groups excluding carboxylic acids is 1. The first-order valence-electron chi connectivity index (χ1n) is 8.66. The average molecular weight is 360 g/mol. The van der Waals surface area contributed by atoms with E-state index >= 15 is 0 Å². The molecule has 1 fully saturated rings. The van der Waals surface area contributed by atoms with Crippen LogP contribution in [0.1, 0.15) is 18.6 Å². The molecule has 2 aromatic rings. The molecule has 2 aromatic heterocycles. The minimum Gasteiger partial charge on any atom is -0.356 e. The summed E-state index contributed by atoms with van der Waals surface area (Å²) in [5.41, 5.74) is 0.823.